The van der Waals surface area contributed by atoms with Crippen molar-refractivity contribution in [3.05, 3.63) is 35.4 Å². The van der Waals surface area contributed by atoms with E-state index in [2.05, 4.69) is 5.32 Å². The molecule has 0 saturated carbocycles. The van der Waals surface area contributed by atoms with Gasteiger partial charge in [-0.05, 0) is 19.3 Å². The first-order valence-electron chi connectivity index (χ1n) is 6.47. The maximum Gasteiger partial charge on any atom is 0.292 e. The highest BCUT2D eigenvalue weighted by Gasteiger charge is 2.17. The fourth-order valence-electron chi connectivity index (χ4n) is 1.75. The maximum atomic E-state index is 11.8. The van der Waals surface area contributed by atoms with Crippen LogP contribution in [0.5, 0.6) is 0 Å². The number of hydrogen-bond donors (Lipinski definition) is 2. The zero-order valence-corrected chi connectivity index (χ0v) is 11.6. The second kappa shape index (κ2) is 7.04. The molecule has 1 amide bonds. The summed E-state index contributed by atoms with van der Waals surface area (Å²) in [4.78, 5) is 23.4. The molecule has 1 unspecified atom stereocenters. The summed E-state index contributed by atoms with van der Waals surface area (Å²) >= 11 is 0. The molecule has 0 spiro atoms. The number of benzene rings is 1. The van der Waals surface area contributed by atoms with E-state index < -0.39 is 17.8 Å². The van der Waals surface area contributed by atoms with Gasteiger partial charge in [0.2, 0.25) is 5.78 Å². The van der Waals surface area contributed by atoms with Crippen LogP contribution in [0.4, 0.5) is 0 Å². The van der Waals surface area contributed by atoms with Gasteiger partial charge in [-0.3, -0.25) is 9.59 Å². The normalized spacial score (nSPS) is 12.3. The largest absolute Gasteiger partial charge is 0.391 e. The lowest BCUT2D eigenvalue weighted by Gasteiger charge is -2.13. The van der Waals surface area contributed by atoms with E-state index >= 15 is 0 Å². The van der Waals surface area contributed by atoms with Gasteiger partial charge in [-0.15, -0.1) is 0 Å². The molecule has 1 atom stereocenters. The van der Waals surface area contributed by atoms with E-state index in [-0.39, 0.29) is 6.54 Å². The Bertz CT molecular complexity index is 437. The quantitative estimate of drug-likeness (QED) is 0.606. The van der Waals surface area contributed by atoms with Gasteiger partial charge in [0.1, 0.15) is 0 Å². The van der Waals surface area contributed by atoms with Gasteiger partial charge in [0.05, 0.1) is 6.10 Å². The van der Waals surface area contributed by atoms with Crippen molar-refractivity contribution in [1.29, 1.82) is 0 Å². The van der Waals surface area contributed by atoms with Crippen LogP contribution in [0.3, 0.4) is 0 Å². The summed E-state index contributed by atoms with van der Waals surface area (Å²) in [6, 6.07) is 6.83. The van der Waals surface area contributed by atoms with Crippen LogP contribution in [-0.4, -0.2) is 29.4 Å². The van der Waals surface area contributed by atoms with Crippen molar-refractivity contribution in [2.24, 2.45) is 5.92 Å². The Morgan fingerprint density at radius 3 is 2.32 bits per heavy atom. The fraction of sp³-hybridized carbons (Fsp3) is 0.467. The van der Waals surface area contributed by atoms with E-state index in [1.807, 2.05) is 20.8 Å². The van der Waals surface area contributed by atoms with Crippen molar-refractivity contribution in [2.45, 2.75) is 33.3 Å². The minimum absolute atomic E-state index is 0.106. The van der Waals surface area contributed by atoms with Crippen LogP contribution in [-0.2, 0) is 4.79 Å². The van der Waals surface area contributed by atoms with Crippen LogP contribution < -0.4 is 5.32 Å². The number of aliphatic hydroxyl groups is 1. The van der Waals surface area contributed by atoms with Gasteiger partial charge >= 0.3 is 0 Å². The molecule has 1 rings (SSSR count). The minimum Gasteiger partial charge on any atom is -0.391 e. The summed E-state index contributed by atoms with van der Waals surface area (Å²) in [5.41, 5.74) is 1.39. The number of aliphatic hydroxyl groups excluding tert-OH is 1. The van der Waals surface area contributed by atoms with Gasteiger partial charge in [0.25, 0.3) is 5.91 Å². The van der Waals surface area contributed by atoms with Gasteiger partial charge < -0.3 is 10.4 Å². The standard InChI is InChI=1S/C15H21NO3/c1-10(2)8-13(17)9-16-15(19)14(18)12-6-4-11(3)5-7-12/h4-7,10,13,17H,8-9H2,1-3H3,(H,16,19). The van der Waals surface area contributed by atoms with Crippen molar-refractivity contribution in [3.63, 3.8) is 0 Å². The summed E-state index contributed by atoms with van der Waals surface area (Å²) in [7, 11) is 0. The van der Waals surface area contributed by atoms with E-state index in [0.29, 0.717) is 17.9 Å². The van der Waals surface area contributed by atoms with Gasteiger partial charge in [-0.2, -0.15) is 0 Å². The number of ketones is 1. The molecule has 1 aromatic rings. The lowest BCUT2D eigenvalue weighted by atomic mass is 10.1. The first-order chi connectivity index (χ1) is 8.90. The molecule has 104 valence electrons. The van der Waals surface area contributed by atoms with E-state index in [1.54, 1.807) is 24.3 Å². The first kappa shape index (κ1) is 15.4. The van der Waals surface area contributed by atoms with Crippen LogP contribution in [0, 0.1) is 12.8 Å². The maximum absolute atomic E-state index is 11.8. The Morgan fingerprint density at radius 2 is 1.79 bits per heavy atom. The van der Waals surface area contributed by atoms with Gasteiger partial charge in [-0.25, -0.2) is 0 Å². The van der Waals surface area contributed by atoms with Crippen LogP contribution in [0.15, 0.2) is 24.3 Å². The monoisotopic (exact) mass is 263 g/mol. The van der Waals surface area contributed by atoms with Crippen molar-refractivity contribution in [1.82, 2.24) is 5.32 Å². The molecule has 0 aliphatic heterocycles. The van der Waals surface area contributed by atoms with Crippen LogP contribution >= 0.6 is 0 Å². The third-order valence-corrected chi connectivity index (χ3v) is 2.76. The molecule has 2 N–H and O–H groups in total. The van der Waals surface area contributed by atoms with Gasteiger partial charge in [0, 0.05) is 12.1 Å². The predicted molar refractivity (Wildman–Crippen MR) is 74.0 cm³/mol. The molecule has 1 aromatic carbocycles. The lowest BCUT2D eigenvalue weighted by Crippen LogP contribution is -2.37. The molecule has 0 aromatic heterocycles. The Hall–Kier alpha value is -1.68. The van der Waals surface area contributed by atoms with E-state index in [1.165, 1.54) is 0 Å². The molecule has 0 radical (unpaired) electrons. The zero-order valence-electron chi connectivity index (χ0n) is 11.6. The average molecular weight is 263 g/mol. The summed E-state index contributed by atoms with van der Waals surface area (Å²) < 4.78 is 0. The summed E-state index contributed by atoms with van der Waals surface area (Å²) in [6.07, 6.45) is -0.0197. The smallest absolute Gasteiger partial charge is 0.292 e. The Balaban J connectivity index is 2.49. The van der Waals surface area contributed by atoms with Crippen molar-refractivity contribution < 1.29 is 14.7 Å². The fourth-order valence-corrected chi connectivity index (χ4v) is 1.75. The SMILES string of the molecule is Cc1ccc(C(=O)C(=O)NCC(O)CC(C)C)cc1. The molecular formula is C15H21NO3. The van der Waals surface area contributed by atoms with Crippen LogP contribution in [0.25, 0.3) is 0 Å². The summed E-state index contributed by atoms with van der Waals surface area (Å²) in [5, 5.41) is 12.1. The molecule has 0 fully saturated rings. The Morgan fingerprint density at radius 1 is 1.21 bits per heavy atom. The number of hydrogen-bond acceptors (Lipinski definition) is 3. The third-order valence-electron chi connectivity index (χ3n) is 2.76. The summed E-state index contributed by atoms with van der Waals surface area (Å²) in [6.45, 7) is 6.00. The highest BCUT2D eigenvalue weighted by atomic mass is 16.3. The van der Waals surface area contributed by atoms with E-state index in [4.69, 9.17) is 0 Å². The molecular weight excluding hydrogens is 242 g/mol. The third kappa shape index (κ3) is 5.22. The molecule has 0 saturated heterocycles. The first-order valence-corrected chi connectivity index (χ1v) is 6.47. The molecule has 0 bridgehead atoms. The number of rotatable bonds is 6. The number of carbonyl (C=O) groups excluding carboxylic acids is 2. The molecule has 0 aliphatic rings. The molecule has 0 aliphatic carbocycles. The number of carbonyl (C=O) groups is 2. The van der Waals surface area contributed by atoms with Gasteiger partial charge in [-0.1, -0.05) is 43.7 Å². The predicted octanol–water partition coefficient (Wildman–Crippen LogP) is 1.70. The Kier molecular flexibility index (Phi) is 5.70. The molecule has 19 heavy (non-hydrogen) atoms. The minimum atomic E-state index is -0.674. The number of aryl methyl sites for hydroxylation is 1. The average Bonchev–Trinajstić information content (AvgIpc) is 2.35. The topological polar surface area (TPSA) is 66.4 Å². The highest BCUT2D eigenvalue weighted by Crippen LogP contribution is 2.05. The number of amides is 1. The van der Waals surface area contributed by atoms with Crippen LogP contribution in [0.2, 0.25) is 0 Å². The molecule has 4 heteroatoms. The summed E-state index contributed by atoms with van der Waals surface area (Å²) in [5.74, 6) is -0.900. The molecule has 4 nitrogen and oxygen atoms in total. The van der Waals surface area contributed by atoms with E-state index in [9.17, 15) is 14.7 Å². The lowest BCUT2D eigenvalue weighted by molar-refractivity contribution is -0.117. The highest BCUT2D eigenvalue weighted by molar-refractivity contribution is 6.42. The second-order valence-corrected chi connectivity index (χ2v) is 5.19. The molecule has 0 heterocycles. The second-order valence-electron chi connectivity index (χ2n) is 5.19. The van der Waals surface area contributed by atoms with E-state index in [0.717, 1.165) is 5.56 Å². The Labute approximate surface area is 113 Å². The number of nitrogens with one attached hydrogen (secondary N) is 1. The zero-order chi connectivity index (χ0) is 14.4. The van der Waals surface area contributed by atoms with Crippen molar-refractivity contribution >= 4 is 11.7 Å². The van der Waals surface area contributed by atoms with Crippen molar-refractivity contribution in [3.8, 4) is 0 Å². The van der Waals surface area contributed by atoms with Crippen molar-refractivity contribution in [2.75, 3.05) is 6.54 Å². The van der Waals surface area contributed by atoms with Crippen LogP contribution in [0.1, 0.15) is 36.2 Å². The van der Waals surface area contributed by atoms with Gasteiger partial charge in [0.15, 0.2) is 0 Å². The number of Topliss-reactive ketones (excluding diaryl/α,β-unsaturated/α-hetero) is 1.